The minimum absolute atomic E-state index is 0.103. The highest BCUT2D eigenvalue weighted by atomic mass is 19.1. The number of amides is 2. The molecule has 7 heteroatoms. The number of nitrogens with zero attached hydrogens (tertiary/aromatic N) is 3. The summed E-state index contributed by atoms with van der Waals surface area (Å²) in [5.74, 6) is -0.184. The third-order valence-electron chi connectivity index (χ3n) is 5.72. The highest BCUT2D eigenvalue weighted by Crippen LogP contribution is 2.14. The van der Waals surface area contributed by atoms with Gasteiger partial charge in [0.25, 0.3) is 0 Å². The fraction of sp³-hybridized carbons (Fsp3) is 0.619. The van der Waals surface area contributed by atoms with E-state index in [1.165, 1.54) is 25.0 Å². The van der Waals surface area contributed by atoms with Crippen LogP contribution in [0.3, 0.4) is 0 Å². The van der Waals surface area contributed by atoms with Gasteiger partial charge in [0.15, 0.2) is 0 Å². The Labute approximate surface area is 166 Å². The molecular weight excluding hydrogens is 359 g/mol. The number of carbonyl (C=O) groups is 2. The lowest BCUT2D eigenvalue weighted by atomic mass is 10.2. The van der Waals surface area contributed by atoms with Crippen molar-refractivity contribution >= 4 is 17.5 Å². The molecule has 1 unspecified atom stereocenters. The van der Waals surface area contributed by atoms with Gasteiger partial charge in [0.2, 0.25) is 11.8 Å². The molecule has 2 fully saturated rings. The van der Waals surface area contributed by atoms with Crippen molar-refractivity contribution in [1.82, 2.24) is 14.7 Å². The fourth-order valence-electron chi connectivity index (χ4n) is 3.96. The van der Waals surface area contributed by atoms with Gasteiger partial charge in [-0.05, 0) is 44.0 Å². The van der Waals surface area contributed by atoms with E-state index in [2.05, 4.69) is 15.1 Å². The van der Waals surface area contributed by atoms with Crippen molar-refractivity contribution in [2.75, 3.05) is 51.1 Å². The molecule has 0 saturated carbocycles. The average molecular weight is 391 g/mol. The monoisotopic (exact) mass is 390 g/mol. The highest BCUT2D eigenvalue weighted by Gasteiger charge is 2.29. The van der Waals surface area contributed by atoms with Crippen LogP contribution in [0.15, 0.2) is 24.3 Å². The Morgan fingerprint density at radius 2 is 1.57 bits per heavy atom. The number of hydrogen-bond acceptors (Lipinski definition) is 4. The standard InChI is InChI=1S/C21H31FN4O2/c1-17(21(28)26-10-4-2-3-5-11-26)25-14-12-24(13-15-25)16-20(27)23-19-8-6-18(22)7-9-19/h6-9,17H,2-5,10-16H2,1H3,(H,23,27). The zero-order chi connectivity index (χ0) is 19.9. The molecule has 1 atom stereocenters. The first-order valence-electron chi connectivity index (χ1n) is 10.3. The minimum Gasteiger partial charge on any atom is -0.341 e. The van der Waals surface area contributed by atoms with Crippen LogP contribution in [0.2, 0.25) is 0 Å². The second-order valence-corrected chi connectivity index (χ2v) is 7.78. The summed E-state index contributed by atoms with van der Waals surface area (Å²) in [6, 6.07) is 5.67. The predicted octanol–water partition coefficient (Wildman–Crippen LogP) is 2.17. The molecule has 3 rings (SSSR count). The summed E-state index contributed by atoms with van der Waals surface area (Å²) in [4.78, 5) is 31.4. The lowest BCUT2D eigenvalue weighted by Gasteiger charge is -2.38. The second kappa shape index (κ2) is 9.98. The fourth-order valence-corrected chi connectivity index (χ4v) is 3.96. The smallest absolute Gasteiger partial charge is 0.239 e. The first-order valence-corrected chi connectivity index (χ1v) is 10.3. The van der Waals surface area contributed by atoms with Crippen LogP contribution < -0.4 is 5.32 Å². The summed E-state index contributed by atoms with van der Waals surface area (Å²) in [5.41, 5.74) is 0.599. The molecule has 154 valence electrons. The van der Waals surface area contributed by atoms with Gasteiger partial charge in [-0.25, -0.2) is 4.39 Å². The van der Waals surface area contributed by atoms with Crippen LogP contribution in [0, 0.1) is 5.82 Å². The molecule has 1 aromatic carbocycles. The maximum atomic E-state index is 12.9. The van der Waals surface area contributed by atoms with E-state index < -0.39 is 0 Å². The quantitative estimate of drug-likeness (QED) is 0.837. The Morgan fingerprint density at radius 3 is 2.18 bits per heavy atom. The van der Waals surface area contributed by atoms with Crippen molar-refractivity contribution in [3.05, 3.63) is 30.1 Å². The molecule has 6 nitrogen and oxygen atoms in total. The Balaban J connectivity index is 1.42. The molecule has 1 aromatic rings. The van der Waals surface area contributed by atoms with E-state index in [-0.39, 0.29) is 23.7 Å². The summed E-state index contributed by atoms with van der Waals surface area (Å²) < 4.78 is 12.9. The van der Waals surface area contributed by atoms with E-state index >= 15 is 0 Å². The van der Waals surface area contributed by atoms with E-state index in [4.69, 9.17) is 0 Å². The summed E-state index contributed by atoms with van der Waals surface area (Å²) in [7, 11) is 0. The molecule has 2 heterocycles. The van der Waals surface area contributed by atoms with Gasteiger partial charge in [-0.15, -0.1) is 0 Å². The van der Waals surface area contributed by atoms with E-state index in [0.717, 1.165) is 52.1 Å². The van der Waals surface area contributed by atoms with Crippen molar-refractivity contribution in [3.63, 3.8) is 0 Å². The Morgan fingerprint density at radius 1 is 0.964 bits per heavy atom. The van der Waals surface area contributed by atoms with E-state index in [9.17, 15) is 14.0 Å². The molecule has 0 bridgehead atoms. The minimum atomic E-state index is -0.321. The number of rotatable bonds is 5. The highest BCUT2D eigenvalue weighted by molar-refractivity contribution is 5.92. The van der Waals surface area contributed by atoms with Gasteiger partial charge in [-0.1, -0.05) is 12.8 Å². The van der Waals surface area contributed by atoms with Gasteiger partial charge in [0.1, 0.15) is 5.82 Å². The molecule has 2 aliphatic heterocycles. The molecule has 2 aliphatic rings. The van der Waals surface area contributed by atoms with Gasteiger partial charge in [0, 0.05) is 45.0 Å². The second-order valence-electron chi connectivity index (χ2n) is 7.78. The Hall–Kier alpha value is -1.99. The summed E-state index contributed by atoms with van der Waals surface area (Å²) in [6.45, 7) is 7.15. The van der Waals surface area contributed by atoms with Crippen LogP contribution >= 0.6 is 0 Å². The zero-order valence-electron chi connectivity index (χ0n) is 16.7. The average Bonchev–Trinajstić information content (AvgIpc) is 2.99. The summed E-state index contributed by atoms with van der Waals surface area (Å²) in [6.07, 6.45) is 4.65. The van der Waals surface area contributed by atoms with Crippen LogP contribution in [-0.4, -0.2) is 78.4 Å². The molecule has 0 radical (unpaired) electrons. The largest absolute Gasteiger partial charge is 0.341 e. The van der Waals surface area contributed by atoms with Crippen LogP contribution in [-0.2, 0) is 9.59 Å². The first kappa shape index (κ1) is 20.7. The van der Waals surface area contributed by atoms with Gasteiger partial charge < -0.3 is 10.2 Å². The number of anilines is 1. The van der Waals surface area contributed by atoms with Crippen molar-refractivity contribution < 1.29 is 14.0 Å². The first-order chi connectivity index (χ1) is 13.5. The molecular formula is C21H31FN4O2. The molecule has 2 saturated heterocycles. The normalized spacial score (nSPS) is 20.4. The van der Waals surface area contributed by atoms with Crippen LogP contribution in [0.25, 0.3) is 0 Å². The van der Waals surface area contributed by atoms with Crippen molar-refractivity contribution in [3.8, 4) is 0 Å². The number of nitrogens with one attached hydrogen (secondary N) is 1. The van der Waals surface area contributed by atoms with Gasteiger partial charge in [-0.3, -0.25) is 19.4 Å². The van der Waals surface area contributed by atoms with Crippen LogP contribution in [0.4, 0.5) is 10.1 Å². The predicted molar refractivity (Wildman–Crippen MR) is 108 cm³/mol. The van der Waals surface area contributed by atoms with Gasteiger partial charge in [-0.2, -0.15) is 0 Å². The summed E-state index contributed by atoms with van der Waals surface area (Å²) in [5, 5.41) is 2.80. The van der Waals surface area contributed by atoms with Gasteiger partial charge in [0.05, 0.1) is 12.6 Å². The van der Waals surface area contributed by atoms with Crippen LogP contribution in [0.1, 0.15) is 32.6 Å². The molecule has 0 aliphatic carbocycles. The number of carbonyl (C=O) groups excluding carboxylic acids is 2. The lowest BCUT2D eigenvalue weighted by Crippen LogP contribution is -2.55. The third kappa shape index (κ3) is 5.75. The Bertz CT molecular complexity index is 651. The number of halogens is 1. The molecule has 1 N–H and O–H groups in total. The van der Waals surface area contributed by atoms with E-state index in [1.807, 2.05) is 11.8 Å². The number of likely N-dealkylation sites (tertiary alicyclic amines) is 1. The zero-order valence-corrected chi connectivity index (χ0v) is 16.7. The third-order valence-corrected chi connectivity index (χ3v) is 5.72. The molecule has 2 amide bonds. The number of hydrogen-bond donors (Lipinski definition) is 1. The van der Waals surface area contributed by atoms with Crippen molar-refractivity contribution in [2.24, 2.45) is 0 Å². The lowest BCUT2D eigenvalue weighted by molar-refractivity contribution is -0.137. The van der Waals surface area contributed by atoms with Crippen LogP contribution in [0.5, 0.6) is 0 Å². The van der Waals surface area contributed by atoms with Crippen molar-refractivity contribution in [1.29, 1.82) is 0 Å². The maximum Gasteiger partial charge on any atom is 0.239 e. The SMILES string of the molecule is CC(C(=O)N1CCCCCC1)N1CCN(CC(=O)Nc2ccc(F)cc2)CC1. The Kier molecular flexibility index (Phi) is 7.39. The van der Waals surface area contributed by atoms with E-state index in [1.54, 1.807) is 12.1 Å². The van der Waals surface area contributed by atoms with Crippen molar-refractivity contribution in [2.45, 2.75) is 38.6 Å². The topological polar surface area (TPSA) is 55.9 Å². The maximum absolute atomic E-state index is 12.9. The summed E-state index contributed by atoms with van der Waals surface area (Å²) >= 11 is 0. The van der Waals surface area contributed by atoms with Gasteiger partial charge >= 0.3 is 0 Å². The van der Waals surface area contributed by atoms with E-state index in [0.29, 0.717) is 12.2 Å². The molecule has 0 spiro atoms. The molecule has 28 heavy (non-hydrogen) atoms. The number of benzene rings is 1. The number of piperazine rings is 1. The molecule has 0 aromatic heterocycles.